The molecule has 0 aromatic carbocycles. The summed E-state index contributed by atoms with van der Waals surface area (Å²) < 4.78 is 16.4. The molecule has 3 rings (SSSR count). The van der Waals surface area contributed by atoms with E-state index >= 15 is 0 Å². The third-order valence-electron chi connectivity index (χ3n) is 3.62. The number of aromatic nitrogens is 3. The normalized spacial score (nSPS) is 14.5. The van der Waals surface area contributed by atoms with E-state index < -0.39 is 0 Å². The van der Waals surface area contributed by atoms with Gasteiger partial charge in [0.2, 0.25) is 0 Å². The fourth-order valence-corrected chi connectivity index (χ4v) is 2.65. The lowest BCUT2D eigenvalue weighted by molar-refractivity contribution is 0.122. The van der Waals surface area contributed by atoms with Crippen LogP contribution in [0.3, 0.4) is 0 Å². The number of pyridine rings is 1. The quantitative estimate of drug-likeness (QED) is 0.738. The van der Waals surface area contributed by atoms with E-state index in [0.717, 1.165) is 18.8 Å². The second-order valence-electron chi connectivity index (χ2n) is 5.17. The van der Waals surface area contributed by atoms with Crippen molar-refractivity contribution >= 4 is 17.4 Å². The number of ether oxygens (including phenoxy) is 3. The predicted molar refractivity (Wildman–Crippen MR) is 90.1 cm³/mol. The largest absolute Gasteiger partial charge is 0.490 e. The highest BCUT2D eigenvalue weighted by Gasteiger charge is 2.22. The predicted octanol–water partition coefficient (Wildman–Crippen LogP) is 1.99. The van der Waals surface area contributed by atoms with Gasteiger partial charge in [0.15, 0.2) is 16.7 Å². The van der Waals surface area contributed by atoms with Gasteiger partial charge in [-0.05, 0) is 12.1 Å². The minimum absolute atomic E-state index is 0.234. The van der Waals surface area contributed by atoms with E-state index in [1.165, 1.54) is 0 Å². The molecule has 0 aliphatic carbocycles. The van der Waals surface area contributed by atoms with Gasteiger partial charge in [-0.2, -0.15) is 9.97 Å². The summed E-state index contributed by atoms with van der Waals surface area (Å²) in [7, 11) is 1.55. The van der Waals surface area contributed by atoms with Crippen LogP contribution in [-0.4, -0.2) is 55.0 Å². The van der Waals surface area contributed by atoms with Gasteiger partial charge < -0.3 is 19.1 Å². The van der Waals surface area contributed by atoms with E-state index in [0.29, 0.717) is 37.8 Å². The van der Waals surface area contributed by atoms with Crippen LogP contribution < -0.4 is 14.4 Å². The molecule has 0 spiro atoms. The highest BCUT2D eigenvalue weighted by atomic mass is 35.5. The summed E-state index contributed by atoms with van der Waals surface area (Å²) >= 11 is 6.22. The number of nitrogens with zero attached hydrogens (tertiary/aromatic N) is 4. The summed E-state index contributed by atoms with van der Waals surface area (Å²) in [5.41, 5.74) is 0.950. The number of hydrogen-bond donors (Lipinski definition) is 0. The molecule has 0 unspecified atom stereocenters. The summed E-state index contributed by atoms with van der Waals surface area (Å²) in [6.45, 7) is 3.14. The molecule has 7 nitrogen and oxygen atoms in total. The lowest BCUT2D eigenvalue weighted by atomic mass is 10.3. The maximum atomic E-state index is 6.22. The molecule has 0 saturated carbocycles. The van der Waals surface area contributed by atoms with Crippen LogP contribution in [0.25, 0.3) is 0 Å². The van der Waals surface area contributed by atoms with Crippen LogP contribution in [0.2, 0.25) is 5.15 Å². The van der Waals surface area contributed by atoms with Gasteiger partial charge in [0.25, 0.3) is 0 Å². The van der Waals surface area contributed by atoms with Gasteiger partial charge in [-0.1, -0.05) is 17.7 Å². The summed E-state index contributed by atoms with van der Waals surface area (Å²) in [5.74, 6) is 1.09. The monoisotopic (exact) mass is 350 g/mol. The number of hydrogen-bond acceptors (Lipinski definition) is 7. The summed E-state index contributed by atoms with van der Waals surface area (Å²) in [6.07, 6.45) is 2.42. The first kappa shape index (κ1) is 16.7. The highest BCUT2D eigenvalue weighted by molar-refractivity contribution is 6.31. The fraction of sp³-hybridized carbons (Fsp3) is 0.438. The molecule has 0 radical (unpaired) electrons. The van der Waals surface area contributed by atoms with Crippen LogP contribution in [0.1, 0.15) is 5.69 Å². The van der Waals surface area contributed by atoms with Crippen LogP contribution >= 0.6 is 11.6 Å². The van der Waals surface area contributed by atoms with Crippen molar-refractivity contribution in [3.05, 3.63) is 35.2 Å². The molecule has 1 aliphatic rings. The van der Waals surface area contributed by atoms with Gasteiger partial charge in [0.1, 0.15) is 0 Å². The summed E-state index contributed by atoms with van der Waals surface area (Å²) in [5, 5.41) is 0.238. The first-order valence-electron chi connectivity index (χ1n) is 7.75. The van der Waals surface area contributed by atoms with Crippen molar-refractivity contribution in [2.45, 2.75) is 6.42 Å². The Morgan fingerprint density at radius 1 is 1.25 bits per heavy atom. The fourth-order valence-electron chi connectivity index (χ4n) is 2.42. The number of methoxy groups -OCH3 is 1. The molecule has 24 heavy (non-hydrogen) atoms. The molecule has 1 aliphatic heterocycles. The van der Waals surface area contributed by atoms with Gasteiger partial charge in [-0.15, -0.1) is 0 Å². The van der Waals surface area contributed by atoms with Crippen LogP contribution in [-0.2, 0) is 11.2 Å². The van der Waals surface area contributed by atoms with Crippen molar-refractivity contribution < 1.29 is 14.2 Å². The van der Waals surface area contributed by atoms with Gasteiger partial charge in [0, 0.05) is 31.4 Å². The van der Waals surface area contributed by atoms with Crippen molar-refractivity contribution in [3.8, 4) is 11.8 Å². The highest BCUT2D eigenvalue weighted by Crippen LogP contribution is 2.34. The Morgan fingerprint density at radius 3 is 2.79 bits per heavy atom. The van der Waals surface area contributed by atoms with E-state index in [4.69, 9.17) is 25.8 Å². The van der Waals surface area contributed by atoms with Gasteiger partial charge in [-0.3, -0.25) is 4.98 Å². The molecule has 1 fully saturated rings. The molecule has 0 atom stereocenters. The molecule has 8 heteroatoms. The van der Waals surface area contributed by atoms with E-state index in [-0.39, 0.29) is 11.2 Å². The molecule has 2 aromatic rings. The third kappa shape index (κ3) is 4.04. The van der Waals surface area contributed by atoms with Gasteiger partial charge >= 0.3 is 6.01 Å². The SMILES string of the molecule is COc1c(Cl)nc(OCCc2ccccn2)nc1N1CCOCC1. The van der Waals surface area contributed by atoms with Crippen molar-refractivity contribution in [1.82, 2.24) is 15.0 Å². The Bertz CT molecular complexity index is 666. The van der Waals surface area contributed by atoms with Crippen LogP contribution in [0, 0.1) is 0 Å². The second-order valence-corrected chi connectivity index (χ2v) is 5.53. The Morgan fingerprint density at radius 2 is 2.08 bits per heavy atom. The van der Waals surface area contributed by atoms with E-state index in [9.17, 15) is 0 Å². The zero-order valence-electron chi connectivity index (χ0n) is 13.4. The smallest absolute Gasteiger partial charge is 0.320 e. The lowest BCUT2D eigenvalue weighted by Gasteiger charge is -2.29. The number of halogens is 1. The Hall–Kier alpha value is -2.12. The molecule has 2 aromatic heterocycles. The van der Waals surface area contributed by atoms with E-state index in [2.05, 4.69) is 19.9 Å². The lowest BCUT2D eigenvalue weighted by Crippen LogP contribution is -2.37. The zero-order valence-corrected chi connectivity index (χ0v) is 14.2. The minimum atomic E-state index is 0.234. The summed E-state index contributed by atoms with van der Waals surface area (Å²) in [4.78, 5) is 14.9. The maximum Gasteiger partial charge on any atom is 0.320 e. The van der Waals surface area contributed by atoms with Crippen molar-refractivity contribution in [2.75, 3.05) is 44.9 Å². The van der Waals surface area contributed by atoms with E-state index in [1.54, 1.807) is 13.3 Å². The van der Waals surface area contributed by atoms with Gasteiger partial charge in [0.05, 0.1) is 26.9 Å². The zero-order chi connectivity index (χ0) is 16.8. The molecule has 3 heterocycles. The van der Waals surface area contributed by atoms with Crippen molar-refractivity contribution in [1.29, 1.82) is 0 Å². The Kier molecular flexibility index (Phi) is 5.66. The molecule has 0 amide bonds. The second kappa shape index (κ2) is 8.12. The molecule has 1 saturated heterocycles. The van der Waals surface area contributed by atoms with Crippen LogP contribution in [0.5, 0.6) is 11.8 Å². The molecule has 0 N–H and O–H groups in total. The van der Waals surface area contributed by atoms with Crippen molar-refractivity contribution in [3.63, 3.8) is 0 Å². The Labute approximate surface area is 145 Å². The number of anilines is 1. The van der Waals surface area contributed by atoms with Crippen LogP contribution in [0.4, 0.5) is 5.82 Å². The standard InChI is InChI=1S/C16H19ClN4O3/c1-22-13-14(17)19-16(20-15(13)21-7-10-23-11-8-21)24-9-5-12-4-2-3-6-18-12/h2-4,6H,5,7-11H2,1H3. The minimum Gasteiger partial charge on any atom is -0.490 e. The first-order valence-corrected chi connectivity index (χ1v) is 8.12. The summed E-state index contributed by atoms with van der Waals surface area (Å²) in [6, 6.07) is 6.01. The third-order valence-corrected chi connectivity index (χ3v) is 3.87. The number of morpholine rings is 1. The average molecular weight is 351 g/mol. The number of rotatable bonds is 6. The van der Waals surface area contributed by atoms with Crippen LogP contribution in [0.15, 0.2) is 24.4 Å². The maximum absolute atomic E-state index is 6.22. The topological polar surface area (TPSA) is 69.6 Å². The first-order chi connectivity index (χ1) is 11.8. The Balaban J connectivity index is 1.72. The van der Waals surface area contributed by atoms with Gasteiger partial charge in [-0.25, -0.2) is 0 Å². The van der Waals surface area contributed by atoms with E-state index in [1.807, 2.05) is 18.2 Å². The molecular formula is C16H19ClN4O3. The molecular weight excluding hydrogens is 332 g/mol. The molecule has 128 valence electrons. The van der Waals surface area contributed by atoms with Crippen molar-refractivity contribution in [2.24, 2.45) is 0 Å². The molecule has 0 bridgehead atoms. The average Bonchev–Trinajstić information content (AvgIpc) is 2.63.